The van der Waals surface area contributed by atoms with Crippen molar-refractivity contribution in [1.82, 2.24) is 5.32 Å². The van der Waals surface area contributed by atoms with Crippen molar-refractivity contribution >= 4 is 0 Å². The minimum absolute atomic E-state index is 0.767. The van der Waals surface area contributed by atoms with Gasteiger partial charge in [-0.1, -0.05) is 20.3 Å². The standard InChI is InChI=1S/C13H27NO/c1-4-12-10-11(2)6-7-13(12)14-8-5-9-15-3/h11-14H,4-10H2,1-3H3. The van der Waals surface area contributed by atoms with Gasteiger partial charge in [-0.15, -0.1) is 0 Å². The fourth-order valence-corrected chi connectivity index (χ4v) is 2.72. The largest absolute Gasteiger partial charge is 0.385 e. The fourth-order valence-electron chi connectivity index (χ4n) is 2.72. The molecule has 3 unspecified atom stereocenters. The molecule has 0 aromatic carbocycles. The second-order valence-electron chi connectivity index (χ2n) is 4.99. The summed E-state index contributed by atoms with van der Waals surface area (Å²) in [6, 6.07) is 0.767. The summed E-state index contributed by atoms with van der Waals surface area (Å²) in [4.78, 5) is 0. The Morgan fingerprint density at radius 1 is 1.33 bits per heavy atom. The van der Waals surface area contributed by atoms with Crippen LogP contribution in [0.1, 0.15) is 46.0 Å². The van der Waals surface area contributed by atoms with Crippen molar-refractivity contribution in [3.05, 3.63) is 0 Å². The van der Waals surface area contributed by atoms with Gasteiger partial charge in [-0.2, -0.15) is 0 Å². The van der Waals surface area contributed by atoms with Crippen molar-refractivity contribution in [2.45, 2.75) is 52.0 Å². The van der Waals surface area contributed by atoms with E-state index in [4.69, 9.17) is 4.74 Å². The third-order valence-electron chi connectivity index (χ3n) is 3.70. The first-order valence-corrected chi connectivity index (χ1v) is 6.50. The Morgan fingerprint density at radius 2 is 2.13 bits per heavy atom. The molecule has 0 amide bonds. The maximum absolute atomic E-state index is 5.06. The van der Waals surface area contributed by atoms with E-state index in [-0.39, 0.29) is 0 Å². The first-order valence-electron chi connectivity index (χ1n) is 6.50. The Kier molecular flexibility index (Phi) is 6.26. The molecule has 1 saturated carbocycles. The van der Waals surface area contributed by atoms with Crippen molar-refractivity contribution < 1.29 is 4.74 Å². The highest BCUT2D eigenvalue weighted by molar-refractivity contribution is 4.82. The molecule has 1 fully saturated rings. The molecular formula is C13H27NO. The van der Waals surface area contributed by atoms with E-state index in [0.29, 0.717) is 0 Å². The topological polar surface area (TPSA) is 21.3 Å². The predicted molar refractivity (Wildman–Crippen MR) is 65.1 cm³/mol. The summed E-state index contributed by atoms with van der Waals surface area (Å²) in [6.07, 6.45) is 6.65. The van der Waals surface area contributed by atoms with Crippen LogP contribution in [0.15, 0.2) is 0 Å². The lowest BCUT2D eigenvalue weighted by molar-refractivity contribution is 0.179. The number of hydrogen-bond donors (Lipinski definition) is 1. The Hall–Kier alpha value is -0.0800. The van der Waals surface area contributed by atoms with Crippen LogP contribution in [0.2, 0.25) is 0 Å². The molecule has 0 saturated heterocycles. The molecule has 0 heterocycles. The molecule has 0 spiro atoms. The summed E-state index contributed by atoms with van der Waals surface area (Å²) in [7, 11) is 1.77. The van der Waals surface area contributed by atoms with E-state index in [1.165, 1.54) is 25.7 Å². The first-order chi connectivity index (χ1) is 7.27. The molecule has 0 aliphatic heterocycles. The molecule has 0 aromatic heterocycles. The van der Waals surface area contributed by atoms with E-state index in [0.717, 1.165) is 37.5 Å². The average Bonchev–Trinajstić information content (AvgIpc) is 2.26. The van der Waals surface area contributed by atoms with Crippen LogP contribution in [0.5, 0.6) is 0 Å². The third kappa shape index (κ3) is 4.52. The van der Waals surface area contributed by atoms with Crippen LogP contribution in [0, 0.1) is 11.8 Å². The highest BCUT2D eigenvalue weighted by Gasteiger charge is 2.26. The van der Waals surface area contributed by atoms with Gasteiger partial charge in [0.1, 0.15) is 0 Å². The SMILES string of the molecule is CCC1CC(C)CCC1NCCCOC. The van der Waals surface area contributed by atoms with Crippen molar-refractivity contribution in [1.29, 1.82) is 0 Å². The van der Waals surface area contributed by atoms with Gasteiger partial charge in [0.05, 0.1) is 0 Å². The highest BCUT2D eigenvalue weighted by atomic mass is 16.5. The number of methoxy groups -OCH3 is 1. The van der Waals surface area contributed by atoms with Crippen molar-refractivity contribution in [2.24, 2.45) is 11.8 Å². The number of hydrogen-bond acceptors (Lipinski definition) is 2. The summed E-state index contributed by atoms with van der Waals surface area (Å²) < 4.78 is 5.06. The summed E-state index contributed by atoms with van der Waals surface area (Å²) in [5, 5.41) is 3.70. The first kappa shape index (κ1) is 13.0. The van der Waals surface area contributed by atoms with Crippen LogP contribution in [0.4, 0.5) is 0 Å². The average molecular weight is 213 g/mol. The van der Waals surface area contributed by atoms with E-state index in [1.54, 1.807) is 7.11 Å². The molecule has 0 aromatic rings. The molecule has 1 aliphatic carbocycles. The van der Waals surface area contributed by atoms with Gasteiger partial charge in [-0.05, 0) is 44.1 Å². The molecule has 1 aliphatic rings. The molecule has 2 nitrogen and oxygen atoms in total. The minimum Gasteiger partial charge on any atom is -0.385 e. The second-order valence-corrected chi connectivity index (χ2v) is 4.99. The summed E-state index contributed by atoms with van der Waals surface area (Å²) in [6.45, 7) is 6.71. The van der Waals surface area contributed by atoms with Crippen LogP contribution in [-0.2, 0) is 4.74 Å². The Bertz CT molecular complexity index is 161. The van der Waals surface area contributed by atoms with Gasteiger partial charge in [0.2, 0.25) is 0 Å². The number of ether oxygens (including phenoxy) is 1. The molecular weight excluding hydrogens is 186 g/mol. The Labute approximate surface area is 94.8 Å². The normalized spacial score (nSPS) is 31.8. The van der Waals surface area contributed by atoms with E-state index in [2.05, 4.69) is 19.2 Å². The molecule has 3 atom stereocenters. The summed E-state index contributed by atoms with van der Waals surface area (Å²) >= 11 is 0. The second kappa shape index (κ2) is 7.24. The van der Waals surface area contributed by atoms with Gasteiger partial charge in [-0.3, -0.25) is 0 Å². The van der Waals surface area contributed by atoms with Gasteiger partial charge < -0.3 is 10.1 Å². The monoisotopic (exact) mass is 213 g/mol. The lowest BCUT2D eigenvalue weighted by Crippen LogP contribution is -2.40. The van der Waals surface area contributed by atoms with E-state index in [1.807, 2.05) is 0 Å². The quantitative estimate of drug-likeness (QED) is 0.685. The molecule has 0 radical (unpaired) electrons. The third-order valence-corrected chi connectivity index (χ3v) is 3.70. The van der Waals surface area contributed by atoms with Crippen molar-refractivity contribution in [3.8, 4) is 0 Å². The van der Waals surface area contributed by atoms with Crippen LogP contribution in [-0.4, -0.2) is 26.3 Å². The lowest BCUT2D eigenvalue weighted by atomic mass is 9.77. The molecule has 90 valence electrons. The number of nitrogens with one attached hydrogen (secondary N) is 1. The molecule has 1 N–H and O–H groups in total. The molecule has 1 rings (SSSR count). The van der Waals surface area contributed by atoms with Crippen LogP contribution in [0.25, 0.3) is 0 Å². The zero-order valence-corrected chi connectivity index (χ0v) is 10.6. The van der Waals surface area contributed by atoms with E-state index in [9.17, 15) is 0 Å². The lowest BCUT2D eigenvalue weighted by Gasteiger charge is -2.35. The van der Waals surface area contributed by atoms with Gasteiger partial charge in [0.25, 0.3) is 0 Å². The maximum Gasteiger partial charge on any atom is 0.0474 e. The molecule has 2 heteroatoms. The van der Waals surface area contributed by atoms with Crippen molar-refractivity contribution in [3.63, 3.8) is 0 Å². The molecule has 15 heavy (non-hydrogen) atoms. The van der Waals surface area contributed by atoms with Gasteiger partial charge >= 0.3 is 0 Å². The van der Waals surface area contributed by atoms with Gasteiger partial charge in [-0.25, -0.2) is 0 Å². The zero-order valence-electron chi connectivity index (χ0n) is 10.6. The smallest absolute Gasteiger partial charge is 0.0474 e. The minimum atomic E-state index is 0.767. The van der Waals surface area contributed by atoms with Gasteiger partial charge in [0.15, 0.2) is 0 Å². The fraction of sp³-hybridized carbons (Fsp3) is 1.00. The van der Waals surface area contributed by atoms with Crippen LogP contribution >= 0.6 is 0 Å². The zero-order chi connectivity index (χ0) is 11.1. The van der Waals surface area contributed by atoms with Crippen molar-refractivity contribution in [2.75, 3.05) is 20.3 Å². The van der Waals surface area contributed by atoms with Crippen LogP contribution in [0.3, 0.4) is 0 Å². The summed E-state index contributed by atoms with van der Waals surface area (Å²) in [5.74, 6) is 1.84. The van der Waals surface area contributed by atoms with Crippen LogP contribution < -0.4 is 5.32 Å². The van der Waals surface area contributed by atoms with E-state index < -0.39 is 0 Å². The summed E-state index contributed by atoms with van der Waals surface area (Å²) in [5.41, 5.74) is 0. The molecule has 0 bridgehead atoms. The number of rotatable bonds is 6. The Balaban J connectivity index is 2.20. The highest BCUT2D eigenvalue weighted by Crippen LogP contribution is 2.30. The predicted octanol–water partition coefficient (Wildman–Crippen LogP) is 2.83. The van der Waals surface area contributed by atoms with Gasteiger partial charge in [0, 0.05) is 19.8 Å². The maximum atomic E-state index is 5.06. The van der Waals surface area contributed by atoms with E-state index >= 15 is 0 Å². The Morgan fingerprint density at radius 3 is 2.80 bits per heavy atom.